The van der Waals surface area contributed by atoms with Gasteiger partial charge in [0.1, 0.15) is 0 Å². The third-order valence-electron chi connectivity index (χ3n) is 2.81. The van der Waals surface area contributed by atoms with E-state index in [0.717, 1.165) is 13.2 Å². The minimum atomic E-state index is 0.589. The molecule has 1 aromatic rings. The van der Waals surface area contributed by atoms with Gasteiger partial charge in [-0.2, -0.15) is 0 Å². The molecule has 1 aromatic carbocycles. The van der Waals surface area contributed by atoms with E-state index < -0.39 is 0 Å². The summed E-state index contributed by atoms with van der Waals surface area (Å²) < 4.78 is 0. The van der Waals surface area contributed by atoms with Crippen LogP contribution in [0, 0.1) is 5.92 Å². The standard InChI is InChI=1S/C13H19NO/c1-10(2)9-15-14-8-12-7-11-5-3-4-6-13(11)12/h3-6,10,12,14H,7-9H2,1-2H3. The second-order valence-electron chi connectivity index (χ2n) is 4.65. The molecule has 0 radical (unpaired) electrons. The van der Waals surface area contributed by atoms with Crippen LogP contribution in [0.3, 0.4) is 0 Å². The topological polar surface area (TPSA) is 21.3 Å². The van der Waals surface area contributed by atoms with Crippen molar-refractivity contribution in [3.8, 4) is 0 Å². The first-order valence-corrected chi connectivity index (χ1v) is 5.70. The van der Waals surface area contributed by atoms with Crippen molar-refractivity contribution in [2.24, 2.45) is 5.92 Å². The summed E-state index contributed by atoms with van der Waals surface area (Å²) in [4.78, 5) is 5.37. The lowest BCUT2D eigenvalue weighted by atomic mass is 9.78. The third-order valence-corrected chi connectivity index (χ3v) is 2.81. The summed E-state index contributed by atoms with van der Waals surface area (Å²) >= 11 is 0. The van der Waals surface area contributed by atoms with Gasteiger partial charge in [0.25, 0.3) is 0 Å². The lowest BCUT2D eigenvalue weighted by Gasteiger charge is -2.30. The molecule has 82 valence electrons. The molecule has 0 fully saturated rings. The summed E-state index contributed by atoms with van der Waals surface area (Å²) in [7, 11) is 0. The van der Waals surface area contributed by atoms with Gasteiger partial charge in [-0.1, -0.05) is 38.1 Å². The number of hydrogen-bond acceptors (Lipinski definition) is 2. The molecule has 0 saturated heterocycles. The Kier molecular flexibility index (Phi) is 3.39. The summed E-state index contributed by atoms with van der Waals surface area (Å²) in [6.07, 6.45) is 1.19. The molecule has 15 heavy (non-hydrogen) atoms. The van der Waals surface area contributed by atoms with E-state index in [1.54, 1.807) is 0 Å². The van der Waals surface area contributed by atoms with E-state index in [4.69, 9.17) is 4.84 Å². The van der Waals surface area contributed by atoms with Crippen molar-refractivity contribution in [1.82, 2.24) is 5.48 Å². The number of fused-ring (bicyclic) bond motifs is 1. The molecule has 1 aliphatic rings. The molecule has 1 N–H and O–H groups in total. The summed E-state index contributed by atoms with van der Waals surface area (Å²) in [6, 6.07) is 8.64. The fourth-order valence-corrected chi connectivity index (χ4v) is 1.93. The normalized spacial score (nSPS) is 18.7. The van der Waals surface area contributed by atoms with Crippen molar-refractivity contribution in [3.05, 3.63) is 35.4 Å². The first kappa shape index (κ1) is 10.7. The Morgan fingerprint density at radius 2 is 2.20 bits per heavy atom. The van der Waals surface area contributed by atoms with Crippen molar-refractivity contribution in [2.45, 2.75) is 26.2 Å². The lowest BCUT2D eigenvalue weighted by molar-refractivity contribution is 0.0197. The molecule has 1 aliphatic carbocycles. The highest BCUT2D eigenvalue weighted by Crippen LogP contribution is 2.33. The van der Waals surface area contributed by atoms with Gasteiger partial charge in [0.05, 0.1) is 6.61 Å². The summed E-state index contributed by atoms with van der Waals surface area (Å²) in [5.41, 5.74) is 6.04. The van der Waals surface area contributed by atoms with Gasteiger partial charge < -0.3 is 4.84 Å². The fourth-order valence-electron chi connectivity index (χ4n) is 1.93. The fraction of sp³-hybridized carbons (Fsp3) is 0.538. The maximum absolute atomic E-state index is 5.37. The zero-order valence-electron chi connectivity index (χ0n) is 9.49. The zero-order valence-corrected chi connectivity index (χ0v) is 9.49. The monoisotopic (exact) mass is 205 g/mol. The molecule has 0 aromatic heterocycles. The average Bonchev–Trinajstić information content (AvgIpc) is 2.18. The van der Waals surface area contributed by atoms with Gasteiger partial charge in [0, 0.05) is 12.5 Å². The molecular weight excluding hydrogens is 186 g/mol. The largest absolute Gasteiger partial charge is 0.302 e. The number of nitrogens with one attached hydrogen (secondary N) is 1. The number of hydroxylamine groups is 1. The van der Waals surface area contributed by atoms with Gasteiger partial charge in [0.15, 0.2) is 0 Å². The van der Waals surface area contributed by atoms with Crippen molar-refractivity contribution >= 4 is 0 Å². The minimum Gasteiger partial charge on any atom is -0.302 e. The van der Waals surface area contributed by atoms with E-state index in [0.29, 0.717) is 11.8 Å². The highest BCUT2D eigenvalue weighted by atomic mass is 16.6. The SMILES string of the molecule is CC(C)CONCC1Cc2ccccc21. The smallest absolute Gasteiger partial charge is 0.0705 e. The Morgan fingerprint density at radius 1 is 1.40 bits per heavy atom. The molecule has 0 saturated carbocycles. The van der Waals surface area contributed by atoms with Crippen molar-refractivity contribution in [2.75, 3.05) is 13.2 Å². The Hall–Kier alpha value is -0.860. The summed E-state index contributed by atoms with van der Waals surface area (Å²) in [5, 5.41) is 0. The van der Waals surface area contributed by atoms with E-state index in [9.17, 15) is 0 Å². The van der Waals surface area contributed by atoms with Gasteiger partial charge in [-0.25, -0.2) is 5.48 Å². The summed E-state index contributed by atoms with van der Waals surface area (Å²) in [5.74, 6) is 1.24. The average molecular weight is 205 g/mol. The number of benzene rings is 1. The number of rotatable bonds is 5. The number of hydrogen-bond donors (Lipinski definition) is 1. The molecular formula is C13H19NO. The van der Waals surface area contributed by atoms with Crippen LogP contribution in [0.4, 0.5) is 0 Å². The van der Waals surface area contributed by atoms with E-state index in [2.05, 4.69) is 43.6 Å². The van der Waals surface area contributed by atoms with E-state index in [1.807, 2.05) is 0 Å². The molecule has 0 aliphatic heterocycles. The predicted octanol–water partition coefficient (Wildman–Crippen LogP) is 2.50. The van der Waals surface area contributed by atoms with E-state index >= 15 is 0 Å². The van der Waals surface area contributed by atoms with Crippen LogP contribution in [0.1, 0.15) is 30.9 Å². The van der Waals surface area contributed by atoms with Crippen molar-refractivity contribution in [1.29, 1.82) is 0 Å². The molecule has 1 unspecified atom stereocenters. The van der Waals surface area contributed by atoms with Crippen LogP contribution in [0.2, 0.25) is 0 Å². The maximum Gasteiger partial charge on any atom is 0.0705 e. The minimum absolute atomic E-state index is 0.589. The summed E-state index contributed by atoms with van der Waals surface area (Å²) in [6.45, 7) is 6.03. The Bertz CT molecular complexity index is 322. The van der Waals surface area contributed by atoms with Crippen molar-refractivity contribution < 1.29 is 4.84 Å². The van der Waals surface area contributed by atoms with Crippen LogP contribution < -0.4 is 5.48 Å². The molecule has 0 amide bonds. The van der Waals surface area contributed by atoms with Crippen LogP contribution in [0.15, 0.2) is 24.3 Å². The molecule has 2 heteroatoms. The van der Waals surface area contributed by atoms with Gasteiger partial charge in [-0.05, 0) is 23.5 Å². The van der Waals surface area contributed by atoms with Crippen LogP contribution in [0.5, 0.6) is 0 Å². The van der Waals surface area contributed by atoms with Crippen LogP contribution in [-0.4, -0.2) is 13.2 Å². The van der Waals surface area contributed by atoms with Gasteiger partial charge in [-0.15, -0.1) is 0 Å². The van der Waals surface area contributed by atoms with Crippen molar-refractivity contribution in [3.63, 3.8) is 0 Å². The first-order valence-electron chi connectivity index (χ1n) is 5.70. The molecule has 0 spiro atoms. The highest BCUT2D eigenvalue weighted by molar-refractivity contribution is 5.39. The molecule has 0 bridgehead atoms. The Labute approximate surface area is 91.6 Å². The molecule has 2 rings (SSSR count). The Morgan fingerprint density at radius 3 is 2.93 bits per heavy atom. The third kappa shape index (κ3) is 2.58. The van der Waals surface area contributed by atoms with Gasteiger partial charge in [-0.3, -0.25) is 0 Å². The zero-order chi connectivity index (χ0) is 10.7. The molecule has 0 heterocycles. The van der Waals surface area contributed by atoms with Gasteiger partial charge >= 0.3 is 0 Å². The van der Waals surface area contributed by atoms with Crippen LogP contribution in [-0.2, 0) is 11.3 Å². The predicted molar refractivity (Wildman–Crippen MR) is 61.7 cm³/mol. The van der Waals surface area contributed by atoms with Crippen LogP contribution in [0.25, 0.3) is 0 Å². The second kappa shape index (κ2) is 4.77. The van der Waals surface area contributed by atoms with E-state index in [1.165, 1.54) is 17.5 Å². The lowest BCUT2D eigenvalue weighted by Crippen LogP contribution is -2.30. The van der Waals surface area contributed by atoms with Gasteiger partial charge in [0.2, 0.25) is 0 Å². The Balaban J connectivity index is 1.71. The molecule has 2 nitrogen and oxygen atoms in total. The first-order chi connectivity index (χ1) is 7.27. The highest BCUT2D eigenvalue weighted by Gasteiger charge is 2.24. The second-order valence-corrected chi connectivity index (χ2v) is 4.65. The van der Waals surface area contributed by atoms with Crippen LogP contribution >= 0.6 is 0 Å². The van der Waals surface area contributed by atoms with E-state index in [-0.39, 0.29) is 0 Å². The maximum atomic E-state index is 5.37. The quantitative estimate of drug-likeness (QED) is 0.589. The molecule has 1 atom stereocenters.